The fraction of sp³-hybridized carbons (Fsp3) is 0.0833. The maximum Gasteiger partial charge on any atom is 0.224 e. The molecule has 0 fully saturated rings. The van der Waals surface area contributed by atoms with Gasteiger partial charge in [0, 0.05) is 23.5 Å². The molecule has 0 radical (unpaired) electrons. The van der Waals surface area contributed by atoms with Crippen molar-refractivity contribution < 1.29 is 0 Å². The van der Waals surface area contributed by atoms with Crippen molar-refractivity contribution in [3.8, 4) is 11.3 Å². The number of para-hydroxylation sites is 3. The van der Waals surface area contributed by atoms with Crippen LogP contribution in [-0.2, 0) is 7.05 Å². The lowest BCUT2D eigenvalue weighted by Crippen LogP contribution is -2.04. The van der Waals surface area contributed by atoms with Gasteiger partial charge in [0.05, 0.1) is 22.4 Å². The van der Waals surface area contributed by atoms with Gasteiger partial charge in [-0.2, -0.15) is 5.10 Å². The molecule has 0 spiro atoms. The smallest absolute Gasteiger partial charge is 0.224 e. The Morgan fingerprint density at radius 3 is 2.48 bits per heavy atom. The Morgan fingerprint density at radius 2 is 1.66 bits per heavy atom. The van der Waals surface area contributed by atoms with Crippen molar-refractivity contribution >= 4 is 33.6 Å². The predicted molar refractivity (Wildman–Crippen MR) is 120 cm³/mol. The van der Waals surface area contributed by atoms with Gasteiger partial charge in [0.15, 0.2) is 0 Å². The Balaban J connectivity index is 1.60. The van der Waals surface area contributed by atoms with Crippen molar-refractivity contribution in [2.24, 2.45) is 12.1 Å². The summed E-state index contributed by atoms with van der Waals surface area (Å²) in [5.74, 6) is 0.714. The topological polar surface area (TPSA) is 58.0 Å². The minimum absolute atomic E-state index is 0.714. The van der Waals surface area contributed by atoms with Crippen LogP contribution in [0.1, 0.15) is 12.5 Å². The summed E-state index contributed by atoms with van der Waals surface area (Å²) in [6, 6.07) is 26.7. The van der Waals surface area contributed by atoms with Gasteiger partial charge in [0.25, 0.3) is 0 Å². The van der Waals surface area contributed by atoms with E-state index in [4.69, 9.17) is 5.10 Å². The molecule has 5 heteroatoms. The van der Waals surface area contributed by atoms with E-state index in [9.17, 15) is 0 Å². The largest absolute Gasteiger partial charge is 0.354 e. The fourth-order valence-electron chi connectivity index (χ4n) is 3.77. The van der Waals surface area contributed by atoms with Crippen LogP contribution in [0.15, 0.2) is 84.0 Å². The third-order valence-corrected chi connectivity index (χ3v) is 5.24. The summed E-state index contributed by atoms with van der Waals surface area (Å²) >= 11 is 0. The summed E-state index contributed by atoms with van der Waals surface area (Å²) < 4.78 is 2.01. The van der Waals surface area contributed by atoms with E-state index in [0.717, 1.165) is 44.5 Å². The van der Waals surface area contributed by atoms with Crippen LogP contribution in [0, 0.1) is 0 Å². The first kappa shape index (κ1) is 17.3. The van der Waals surface area contributed by atoms with Gasteiger partial charge in [-0.1, -0.05) is 60.7 Å². The van der Waals surface area contributed by atoms with Crippen LogP contribution in [0.2, 0.25) is 0 Å². The molecule has 0 amide bonds. The maximum atomic E-state index is 4.69. The van der Waals surface area contributed by atoms with Crippen LogP contribution >= 0.6 is 0 Å². The van der Waals surface area contributed by atoms with E-state index in [2.05, 4.69) is 63.9 Å². The highest BCUT2D eigenvalue weighted by atomic mass is 15.4. The summed E-state index contributed by atoms with van der Waals surface area (Å²) in [6.07, 6.45) is 0. The zero-order valence-electron chi connectivity index (χ0n) is 16.3. The predicted octanol–water partition coefficient (Wildman–Crippen LogP) is 5.56. The molecule has 0 unspecified atom stereocenters. The average Bonchev–Trinajstić information content (AvgIpc) is 3.31. The van der Waals surface area contributed by atoms with E-state index in [-0.39, 0.29) is 0 Å². The SMILES string of the molecule is C/C(=N\Nc1nc2ccccc2n1C)c1c(-c2ccccc2)[nH]c2ccccc12. The molecule has 142 valence electrons. The molecule has 2 aromatic heterocycles. The molecule has 5 aromatic rings. The normalized spacial score (nSPS) is 12.0. The van der Waals surface area contributed by atoms with Gasteiger partial charge < -0.3 is 9.55 Å². The number of hydrazone groups is 1. The summed E-state index contributed by atoms with van der Waals surface area (Å²) in [5.41, 5.74) is 10.5. The summed E-state index contributed by atoms with van der Waals surface area (Å²) in [5, 5.41) is 5.84. The Hall–Kier alpha value is -3.86. The van der Waals surface area contributed by atoms with Crippen LogP contribution < -0.4 is 5.43 Å². The maximum absolute atomic E-state index is 4.69. The number of hydrogen-bond acceptors (Lipinski definition) is 3. The highest BCUT2D eigenvalue weighted by Crippen LogP contribution is 2.31. The van der Waals surface area contributed by atoms with Gasteiger partial charge in [0.1, 0.15) is 0 Å². The number of aromatic amines is 1. The molecule has 0 aliphatic heterocycles. The quantitative estimate of drug-likeness (QED) is 0.317. The minimum atomic E-state index is 0.714. The number of benzene rings is 3. The van der Waals surface area contributed by atoms with Crippen LogP contribution in [0.25, 0.3) is 33.2 Å². The molecule has 2 heterocycles. The van der Waals surface area contributed by atoms with Crippen LogP contribution in [0.3, 0.4) is 0 Å². The van der Waals surface area contributed by atoms with E-state index in [1.165, 1.54) is 0 Å². The molecule has 0 bridgehead atoms. The van der Waals surface area contributed by atoms with Crippen LogP contribution in [0.4, 0.5) is 5.95 Å². The Bertz CT molecular complexity index is 1340. The van der Waals surface area contributed by atoms with Crippen molar-refractivity contribution in [1.29, 1.82) is 0 Å². The van der Waals surface area contributed by atoms with Gasteiger partial charge >= 0.3 is 0 Å². The first-order valence-corrected chi connectivity index (χ1v) is 9.60. The minimum Gasteiger partial charge on any atom is -0.354 e. The summed E-state index contributed by atoms with van der Waals surface area (Å²) in [6.45, 7) is 2.03. The number of H-pyrrole nitrogens is 1. The second-order valence-corrected chi connectivity index (χ2v) is 7.08. The molecule has 0 saturated carbocycles. The molecule has 0 atom stereocenters. The Morgan fingerprint density at radius 1 is 0.931 bits per heavy atom. The van der Waals surface area contributed by atoms with Crippen molar-refractivity contribution in [2.75, 3.05) is 5.43 Å². The van der Waals surface area contributed by atoms with Gasteiger partial charge in [0.2, 0.25) is 5.95 Å². The summed E-state index contributed by atoms with van der Waals surface area (Å²) in [7, 11) is 1.99. The first-order valence-electron chi connectivity index (χ1n) is 9.60. The monoisotopic (exact) mass is 379 g/mol. The number of hydrogen-bond donors (Lipinski definition) is 2. The van der Waals surface area contributed by atoms with Gasteiger partial charge in [-0.15, -0.1) is 0 Å². The number of rotatable bonds is 4. The van der Waals surface area contributed by atoms with E-state index in [0.29, 0.717) is 5.95 Å². The van der Waals surface area contributed by atoms with Crippen molar-refractivity contribution in [1.82, 2.24) is 14.5 Å². The third kappa shape index (κ3) is 2.97. The average molecular weight is 379 g/mol. The Labute approximate surface area is 168 Å². The zero-order chi connectivity index (χ0) is 19.8. The molecule has 0 aliphatic carbocycles. The molecule has 2 N–H and O–H groups in total. The van der Waals surface area contributed by atoms with Crippen molar-refractivity contribution in [3.63, 3.8) is 0 Å². The molecule has 5 rings (SSSR count). The van der Waals surface area contributed by atoms with Gasteiger partial charge in [-0.25, -0.2) is 10.4 Å². The lowest BCUT2D eigenvalue weighted by molar-refractivity contribution is 0.942. The van der Waals surface area contributed by atoms with Gasteiger partial charge in [-0.3, -0.25) is 0 Å². The third-order valence-electron chi connectivity index (χ3n) is 5.24. The Kier molecular flexibility index (Phi) is 4.13. The summed E-state index contributed by atoms with van der Waals surface area (Å²) in [4.78, 5) is 8.21. The lowest BCUT2D eigenvalue weighted by atomic mass is 10.0. The zero-order valence-corrected chi connectivity index (χ0v) is 16.3. The highest BCUT2D eigenvalue weighted by Gasteiger charge is 2.16. The molecular weight excluding hydrogens is 358 g/mol. The van der Waals surface area contributed by atoms with E-state index < -0.39 is 0 Å². The number of aryl methyl sites for hydroxylation is 1. The molecule has 3 aromatic carbocycles. The molecule has 5 nitrogen and oxygen atoms in total. The second-order valence-electron chi connectivity index (χ2n) is 7.08. The van der Waals surface area contributed by atoms with Crippen LogP contribution in [-0.4, -0.2) is 20.2 Å². The van der Waals surface area contributed by atoms with E-state index >= 15 is 0 Å². The van der Waals surface area contributed by atoms with E-state index in [1.807, 2.05) is 48.9 Å². The van der Waals surface area contributed by atoms with Gasteiger partial charge in [-0.05, 0) is 30.7 Å². The number of anilines is 1. The molecule has 0 aliphatic rings. The van der Waals surface area contributed by atoms with Crippen LogP contribution in [0.5, 0.6) is 0 Å². The number of nitrogens with one attached hydrogen (secondary N) is 2. The standard InChI is InChI=1S/C24H21N5/c1-16(27-28-24-26-20-14-8-9-15-21(20)29(24)2)22-18-12-6-7-13-19(18)25-23(22)17-10-4-3-5-11-17/h3-15,25H,1-2H3,(H,26,28)/b27-16+. The molecule has 0 saturated heterocycles. The molecule has 29 heavy (non-hydrogen) atoms. The number of imidazole rings is 1. The van der Waals surface area contributed by atoms with Crippen molar-refractivity contribution in [3.05, 3.63) is 84.4 Å². The number of aromatic nitrogens is 3. The second kappa shape index (κ2) is 6.95. The number of fused-ring (bicyclic) bond motifs is 2. The van der Waals surface area contributed by atoms with E-state index in [1.54, 1.807) is 0 Å². The highest BCUT2D eigenvalue weighted by molar-refractivity contribution is 6.14. The number of nitrogens with zero attached hydrogens (tertiary/aromatic N) is 3. The lowest BCUT2D eigenvalue weighted by Gasteiger charge is -2.07. The fourth-order valence-corrected chi connectivity index (χ4v) is 3.77. The van der Waals surface area contributed by atoms with Crippen molar-refractivity contribution in [2.45, 2.75) is 6.92 Å². The molecular formula is C24H21N5. The first-order chi connectivity index (χ1) is 14.2.